The van der Waals surface area contributed by atoms with Gasteiger partial charge < -0.3 is 11.1 Å². The van der Waals surface area contributed by atoms with Crippen molar-refractivity contribution in [3.63, 3.8) is 0 Å². The van der Waals surface area contributed by atoms with E-state index < -0.39 is 0 Å². The first-order valence-electron chi connectivity index (χ1n) is 7.11. The monoisotopic (exact) mass is 270 g/mol. The first-order chi connectivity index (χ1) is 9.76. The molecule has 0 aromatic carbocycles. The molecule has 0 aliphatic heterocycles. The van der Waals surface area contributed by atoms with Crippen molar-refractivity contribution in [1.82, 2.24) is 15.3 Å². The van der Waals surface area contributed by atoms with Gasteiger partial charge >= 0.3 is 0 Å². The molecule has 0 saturated carbocycles. The van der Waals surface area contributed by atoms with Crippen LogP contribution in [0.1, 0.15) is 36.7 Å². The lowest BCUT2D eigenvalue weighted by molar-refractivity contribution is 0.532. The normalized spacial score (nSPS) is 12.3. The molecule has 2 heterocycles. The van der Waals surface area contributed by atoms with Crippen LogP contribution in [0.15, 0.2) is 36.8 Å². The highest BCUT2D eigenvalue weighted by Gasteiger charge is 2.16. The third-order valence-corrected chi connectivity index (χ3v) is 3.45. The number of aryl methyl sites for hydroxylation is 1. The van der Waals surface area contributed by atoms with E-state index in [1.54, 1.807) is 6.20 Å². The maximum atomic E-state index is 6.03. The highest BCUT2D eigenvalue weighted by molar-refractivity contribution is 5.45. The molecule has 2 rings (SSSR count). The Hall–Kier alpha value is -1.94. The second-order valence-corrected chi connectivity index (χ2v) is 4.79. The van der Waals surface area contributed by atoms with Crippen LogP contribution < -0.4 is 11.1 Å². The lowest BCUT2D eigenvalue weighted by Gasteiger charge is -2.20. The molecule has 4 nitrogen and oxygen atoms in total. The van der Waals surface area contributed by atoms with E-state index in [1.165, 1.54) is 5.56 Å². The van der Waals surface area contributed by atoms with E-state index in [1.807, 2.05) is 24.5 Å². The van der Waals surface area contributed by atoms with Crippen molar-refractivity contribution in [1.29, 1.82) is 0 Å². The molecule has 2 aromatic rings. The summed E-state index contributed by atoms with van der Waals surface area (Å²) in [4.78, 5) is 8.74. The van der Waals surface area contributed by atoms with Gasteiger partial charge in [0, 0.05) is 24.3 Å². The average molecular weight is 270 g/mol. The summed E-state index contributed by atoms with van der Waals surface area (Å²) in [5.74, 6) is 0. The summed E-state index contributed by atoms with van der Waals surface area (Å²) in [6.07, 6.45) is 7.20. The second-order valence-electron chi connectivity index (χ2n) is 4.79. The quantitative estimate of drug-likeness (QED) is 0.846. The SMILES string of the molecule is CCNC(Cc1cnccc1N)c1ncccc1CC. The van der Waals surface area contributed by atoms with Crippen LogP contribution >= 0.6 is 0 Å². The van der Waals surface area contributed by atoms with Crippen LogP contribution in [0.3, 0.4) is 0 Å². The van der Waals surface area contributed by atoms with Crippen LogP contribution in [0.25, 0.3) is 0 Å². The van der Waals surface area contributed by atoms with Gasteiger partial charge in [-0.2, -0.15) is 0 Å². The molecule has 0 bridgehead atoms. The fourth-order valence-corrected chi connectivity index (χ4v) is 2.40. The third kappa shape index (κ3) is 3.33. The smallest absolute Gasteiger partial charge is 0.0608 e. The number of hydrogen-bond acceptors (Lipinski definition) is 4. The highest BCUT2D eigenvalue weighted by atomic mass is 14.9. The van der Waals surface area contributed by atoms with Gasteiger partial charge in [-0.25, -0.2) is 0 Å². The van der Waals surface area contributed by atoms with Gasteiger partial charge in [-0.05, 0) is 42.6 Å². The minimum atomic E-state index is 0.169. The molecular formula is C16H22N4. The molecule has 0 radical (unpaired) electrons. The Morgan fingerprint density at radius 2 is 2.05 bits per heavy atom. The number of rotatable bonds is 6. The molecule has 0 aliphatic rings. The fourth-order valence-electron chi connectivity index (χ4n) is 2.40. The van der Waals surface area contributed by atoms with Crippen LogP contribution in [0.2, 0.25) is 0 Å². The van der Waals surface area contributed by atoms with Gasteiger partial charge in [0.05, 0.1) is 11.7 Å². The Balaban J connectivity index is 2.29. The van der Waals surface area contributed by atoms with E-state index in [-0.39, 0.29) is 6.04 Å². The van der Waals surface area contributed by atoms with E-state index in [0.29, 0.717) is 0 Å². The highest BCUT2D eigenvalue weighted by Crippen LogP contribution is 2.22. The summed E-state index contributed by atoms with van der Waals surface area (Å²) in [5.41, 5.74) is 10.3. The molecule has 0 spiro atoms. The molecule has 20 heavy (non-hydrogen) atoms. The molecule has 3 N–H and O–H groups in total. The minimum absolute atomic E-state index is 0.169. The first kappa shape index (κ1) is 14.5. The van der Waals surface area contributed by atoms with Crippen LogP contribution in [-0.4, -0.2) is 16.5 Å². The lowest BCUT2D eigenvalue weighted by Crippen LogP contribution is -2.25. The summed E-state index contributed by atoms with van der Waals surface area (Å²) in [5, 5.41) is 3.50. The van der Waals surface area contributed by atoms with E-state index in [2.05, 4.69) is 35.2 Å². The largest absolute Gasteiger partial charge is 0.398 e. The zero-order chi connectivity index (χ0) is 14.4. The third-order valence-electron chi connectivity index (χ3n) is 3.45. The van der Waals surface area contributed by atoms with Gasteiger partial charge in [-0.15, -0.1) is 0 Å². The number of nitrogens with two attached hydrogens (primary N) is 1. The summed E-state index contributed by atoms with van der Waals surface area (Å²) in [6.45, 7) is 5.15. The molecule has 106 valence electrons. The van der Waals surface area contributed by atoms with Crippen molar-refractivity contribution in [2.24, 2.45) is 0 Å². The topological polar surface area (TPSA) is 63.8 Å². The number of pyridine rings is 2. The lowest BCUT2D eigenvalue weighted by atomic mass is 9.98. The van der Waals surface area contributed by atoms with E-state index >= 15 is 0 Å². The summed E-state index contributed by atoms with van der Waals surface area (Å²) in [6, 6.07) is 6.14. The van der Waals surface area contributed by atoms with Crippen molar-refractivity contribution in [2.45, 2.75) is 32.7 Å². The maximum Gasteiger partial charge on any atom is 0.0608 e. The van der Waals surface area contributed by atoms with Crippen molar-refractivity contribution in [3.05, 3.63) is 53.6 Å². The zero-order valence-corrected chi connectivity index (χ0v) is 12.1. The van der Waals surface area contributed by atoms with Gasteiger partial charge in [0.1, 0.15) is 0 Å². The maximum absolute atomic E-state index is 6.03. The Morgan fingerprint density at radius 3 is 2.75 bits per heavy atom. The van der Waals surface area contributed by atoms with Crippen molar-refractivity contribution >= 4 is 5.69 Å². The van der Waals surface area contributed by atoms with Gasteiger partial charge in [-0.1, -0.05) is 19.9 Å². The molecule has 0 amide bonds. The average Bonchev–Trinajstić information content (AvgIpc) is 2.49. The first-order valence-corrected chi connectivity index (χ1v) is 7.11. The zero-order valence-electron chi connectivity index (χ0n) is 12.1. The number of hydrogen-bond donors (Lipinski definition) is 2. The summed E-state index contributed by atoms with van der Waals surface area (Å²) < 4.78 is 0. The number of aromatic nitrogens is 2. The van der Waals surface area contributed by atoms with E-state index in [4.69, 9.17) is 5.73 Å². The van der Waals surface area contributed by atoms with Gasteiger partial charge in [0.25, 0.3) is 0 Å². The predicted octanol–water partition coefficient (Wildman–Crippen LogP) is 2.51. The Bertz CT molecular complexity index is 554. The minimum Gasteiger partial charge on any atom is -0.398 e. The molecule has 0 saturated heterocycles. The molecule has 4 heteroatoms. The number of likely N-dealkylation sites (N-methyl/N-ethyl adjacent to an activating group) is 1. The van der Waals surface area contributed by atoms with Crippen molar-refractivity contribution < 1.29 is 0 Å². The molecule has 1 unspecified atom stereocenters. The van der Waals surface area contributed by atoms with E-state index in [9.17, 15) is 0 Å². The van der Waals surface area contributed by atoms with Gasteiger partial charge in [0.2, 0.25) is 0 Å². The van der Waals surface area contributed by atoms with E-state index in [0.717, 1.165) is 36.3 Å². The van der Waals surface area contributed by atoms with Crippen molar-refractivity contribution in [2.75, 3.05) is 12.3 Å². The molecule has 0 fully saturated rings. The number of nitrogens with one attached hydrogen (secondary N) is 1. The summed E-state index contributed by atoms with van der Waals surface area (Å²) in [7, 11) is 0. The number of nitrogens with zero attached hydrogens (tertiary/aromatic N) is 2. The van der Waals surface area contributed by atoms with Gasteiger partial charge in [-0.3, -0.25) is 9.97 Å². The Labute approximate surface area is 120 Å². The van der Waals surface area contributed by atoms with Crippen LogP contribution in [-0.2, 0) is 12.8 Å². The molecule has 2 aromatic heterocycles. The fraction of sp³-hybridized carbons (Fsp3) is 0.375. The number of nitrogen functional groups attached to an aromatic ring is 1. The van der Waals surface area contributed by atoms with Crippen LogP contribution in [0.5, 0.6) is 0 Å². The van der Waals surface area contributed by atoms with Gasteiger partial charge in [0.15, 0.2) is 0 Å². The summed E-state index contributed by atoms with van der Waals surface area (Å²) >= 11 is 0. The molecule has 0 aliphatic carbocycles. The Morgan fingerprint density at radius 1 is 1.20 bits per heavy atom. The Kier molecular flexibility index (Phi) is 5.07. The second kappa shape index (κ2) is 7.01. The predicted molar refractivity (Wildman–Crippen MR) is 82.4 cm³/mol. The van der Waals surface area contributed by atoms with Crippen molar-refractivity contribution in [3.8, 4) is 0 Å². The van der Waals surface area contributed by atoms with Crippen LogP contribution in [0.4, 0.5) is 5.69 Å². The molecular weight excluding hydrogens is 248 g/mol. The number of anilines is 1. The van der Waals surface area contributed by atoms with Crippen LogP contribution in [0, 0.1) is 0 Å². The standard InChI is InChI=1S/C16H22N4/c1-3-12-6-5-8-20-16(12)15(19-4-2)10-13-11-18-9-7-14(13)17/h5-9,11,15,19H,3-4,10H2,1-2H3,(H2,17,18). The molecule has 1 atom stereocenters.